The summed E-state index contributed by atoms with van der Waals surface area (Å²) in [5.41, 5.74) is 0.963. The Bertz CT molecular complexity index is 396. The molecule has 0 aliphatic heterocycles. The molecule has 1 aromatic carbocycles. The number of rotatable bonds is 6. The Morgan fingerprint density at radius 3 is 2.32 bits per heavy atom. The molecule has 0 radical (unpaired) electrons. The minimum Gasteiger partial charge on any atom is -0.309 e. The fourth-order valence-electron chi connectivity index (χ4n) is 2.40. The molecule has 1 nitrogen and oxygen atoms in total. The minimum atomic E-state index is -4.14. The van der Waals surface area contributed by atoms with Gasteiger partial charge in [0, 0.05) is 12.6 Å². The predicted molar refractivity (Wildman–Crippen MR) is 69.8 cm³/mol. The van der Waals surface area contributed by atoms with Crippen LogP contribution in [0.25, 0.3) is 0 Å². The Kier molecular flexibility index (Phi) is 4.19. The van der Waals surface area contributed by atoms with Crippen molar-refractivity contribution >= 4 is 0 Å². The molecule has 1 fully saturated rings. The summed E-state index contributed by atoms with van der Waals surface area (Å²) in [5, 5.41) is 3.13. The number of halogens is 3. The fraction of sp³-hybridized carbons (Fsp3) is 0.600. The lowest BCUT2D eigenvalue weighted by atomic mass is 10.00. The Balaban J connectivity index is 2.02. The molecule has 1 saturated carbocycles. The van der Waals surface area contributed by atoms with Crippen LogP contribution in [-0.4, -0.2) is 12.7 Å². The first-order valence-corrected chi connectivity index (χ1v) is 6.79. The lowest BCUT2D eigenvalue weighted by molar-refractivity contribution is -0.140. The summed E-state index contributed by atoms with van der Waals surface area (Å²) in [6.07, 6.45) is -1.66. The third-order valence-corrected chi connectivity index (χ3v) is 4.07. The predicted octanol–water partition coefficient (Wildman–Crippen LogP) is 4.46. The van der Waals surface area contributed by atoms with Gasteiger partial charge in [0.15, 0.2) is 0 Å². The van der Waals surface area contributed by atoms with Gasteiger partial charge >= 0.3 is 6.18 Å². The van der Waals surface area contributed by atoms with Crippen LogP contribution < -0.4 is 5.32 Å². The molecule has 1 unspecified atom stereocenters. The van der Waals surface area contributed by atoms with Crippen molar-refractivity contribution in [2.24, 2.45) is 5.41 Å². The molecule has 4 heteroatoms. The summed E-state index contributed by atoms with van der Waals surface area (Å²) in [4.78, 5) is 0. The standard InChI is InChI=1S/C15H20F3N/c1-2-14(8-9-14)11-19-13(10-15(16,17)18)12-6-4-3-5-7-12/h3-7,13,19H,2,8-11H2,1H3. The number of hydrogen-bond acceptors (Lipinski definition) is 1. The van der Waals surface area contributed by atoms with Gasteiger partial charge in [0.25, 0.3) is 0 Å². The molecule has 1 aliphatic carbocycles. The quantitative estimate of drug-likeness (QED) is 0.805. The van der Waals surface area contributed by atoms with E-state index in [0.717, 1.165) is 19.3 Å². The van der Waals surface area contributed by atoms with Gasteiger partial charge in [-0.15, -0.1) is 0 Å². The van der Waals surface area contributed by atoms with Crippen molar-refractivity contribution in [2.45, 2.75) is 44.8 Å². The molecule has 0 aromatic heterocycles. The highest BCUT2D eigenvalue weighted by molar-refractivity contribution is 5.19. The van der Waals surface area contributed by atoms with Crippen LogP contribution in [0, 0.1) is 5.41 Å². The molecule has 1 atom stereocenters. The van der Waals surface area contributed by atoms with Gasteiger partial charge in [-0.2, -0.15) is 13.2 Å². The smallest absolute Gasteiger partial charge is 0.309 e. The highest BCUT2D eigenvalue weighted by atomic mass is 19.4. The van der Waals surface area contributed by atoms with Crippen molar-refractivity contribution in [2.75, 3.05) is 6.54 Å². The molecule has 0 heterocycles. The molecule has 19 heavy (non-hydrogen) atoms. The molecule has 1 N–H and O–H groups in total. The van der Waals surface area contributed by atoms with Crippen molar-refractivity contribution < 1.29 is 13.2 Å². The fourth-order valence-corrected chi connectivity index (χ4v) is 2.40. The third kappa shape index (κ3) is 4.23. The second-order valence-corrected chi connectivity index (χ2v) is 5.52. The lowest BCUT2D eigenvalue weighted by Crippen LogP contribution is -2.31. The van der Waals surface area contributed by atoms with Gasteiger partial charge in [-0.05, 0) is 30.2 Å². The van der Waals surface area contributed by atoms with Crippen LogP contribution in [0.15, 0.2) is 30.3 Å². The van der Waals surface area contributed by atoms with Crippen molar-refractivity contribution in [3.63, 3.8) is 0 Å². The normalized spacial score (nSPS) is 19.2. The monoisotopic (exact) mass is 271 g/mol. The lowest BCUT2D eigenvalue weighted by Gasteiger charge is -2.23. The first kappa shape index (κ1) is 14.4. The average molecular weight is 271 g/mol. The molecule has 0 saturated heterocycles. The minimum absolute atomic E-state index is 0.249. The third-order valence-electron chi connectivity index (χ3n) is 4.07. The topological polar surface area (TPSA) is 12.0 Å². The Morgan fingerprint density at radius 2 is 1.84 bits per heavy atom. The van der Waals surface area contributed by atoms with Crippen LogP contribution in [0.5, 0.6) is 0 Å². The number of alkyl halides is 3. The summed E-state index contributed by atoms with van der Waals surface area (Å²) >= 11 is 0. The molecule has 0 amide bonds. The van der Waals surface area contributed by atoms with E-state index >= 15 is 0 Å². The van der Waals surface area contributed by atoms with Crippen LogP contribution in [0.2, 0.25) is 0 Å². The molecular weight excluding hydrogens is 251 g/mol. The van der Waals surface area contributed by atoms with E-state index in [0.29, 0.717) is 12.1 Å². The van der Waals surface area contributed by atoms with Crippen molar-refractivity contribution in [1.29, 1.82) is 0 Å². The largest absolute Gasteiger partial charge is 0.390 e. The average Bonchev–Trinajstić information content (AvgIpc) is 3.15. The van der Waals surface area contributed by atoms with Gasteiger partial charge in [0.1, 0.15) is 0 Å². The summed E-state index contributed by atoms with van der Waals surface area (Å²) in [5.74, 6) is 0. The molecule has 0 bridgehead atoms. The highest BCUT2D eigenvalue weighted by Gasteiger charge is 2.41. The van der Waals surface area contributed by atoms with E-state index in [1.165, 1.54) is 0 Å². The second-order valence-electron chi connectivity index (χ2n) is 5.52. The summed E-state index contributed by atoms with van der Waals surface area (Å²) in [6.45, 7) is 2.79. The molecule has 0 spiro atoms. The van der Waals surface area contributed by atoms with Crippen LogP contribution in [0.4, 0.5) is 13.2 Å². The SMILES string of the molecule is CCC1(CNC(CC(F)(F)F)c2ccccc2)CC1. The Hall–Kier alpha value is -1.03. The summed E-state index contributed by atoms with van der Waals surface area (Å²) < 4.78 is 38.0. The van der Waals surface area contributed by atoms with Gasteiger partial charge in [0.05, 0.1) is 6.42 Å². The van der Waals surface area contributed by atoms with E-state index in [4.69, 9.17) is 0 Å². The van der Waals surface area contributed by atoms with Gasteiger partial charge in [0.2, 0.25) is 0 Å². The maximum Gasteiger partial charge on any atom is 0.390 e. The van der Waals surface area contributed by atoms with E-state index in [2.05, 4.69) is 12.2 Å². The van der Waals surface area contributed by atoms with Crippen LogP contribution >= 0.6 is 0 Å². The van der Waals surface area contributed by atoms with Crippen LogP contribution in [0.1, 0.15) is 44.2 Å². The maximum absolute atomic E-state index is 12.7. The summed E-state index contributed by atoms with van der Waals surface area (Å²) in [6, 6.07) is 8.28. The maximum atomic E-state index is 12.7. The first-order valence-electron chi connectivity index (χ1n) is 6.79. The highest BCUT2D eigenvalue weighted by Crippen LogP contribution is 2.48. The van der Waals surface area contributed by atoms with E-state index < -0.39 is 18.6 Å². The van der Waals surface area contributed by atoms with Gasteiger partial charge in [-0.3, -0.25) is 0 Å². The molecular formula is C15H20F3N. The Morgan fingerprint density at radius 1 is 1.21 bits per heavy atom. The molecule has 2 rings (SSSR count). The van der Waals surface area contributed by atoms with Crippen molar-refractivity contribution in [3.8, 4) is 0 Å². The van der Waals surface area contributed by atoms with E-state index in [1.807, 2.05) is 6.07 Å². The second kappa shape index (κ2) is 5.53. The van der Waals surface area contributed by atoms with Gasteiger partial charge < -0.3 is 5.32 Å². The molecule has 1 aliphatic rings. The number of benzene rings is 1. The molecule has 1 aromatic rings. The zero-order chi connectivity index (χ0) is 13.9. The van der Waals surface area contributed by atoms with E-state index in [9.17, 15) is 13.2 Å². The molecule has 106 valence electrons. The van der Waals surface area contributed by atoms with Crippen molar-refractivity contribution in [3.05, 3.63) is 35.9 Å². The number of nitrogens with one attached hydrogen (secondary N) is 1. The van der Waals surface area contributed by atoms with Gasteiger partial charge in [-0.1, -0.05) is 37.3 Å². The zero-order valence-corrected chi connectivity index (χ0v) is 11.1. The van der Waals surface area contributed by atoms with E-state index in [-0.39, 0.29) is 5.41 Å². The first-order chi connectivity index (χ1) is 8.94. The Labute approximate surface area is 112 Å². The zero-order valence-electron chi connectivity index (χ0n) is 11.1. The van der Waals surface area contributed by atoms with Crippen LogP contribution in [-0.2, 0) is 0 Å². The van der Waals surface area contributed by atoms with E-state index in [1.54, 1.807) is 24.3 Å². The summed E-state index contributed by atoms with van der Waals surface area (Å²) in [7, 11) is 0. The number of hydrogen-bond donors (Lipinski definition) is 1. The van der Waals surface area contributed by atoms with Crippen LogP contribution in [0.3, 0.4) is 0 Å². The van der Waals surface area contributed by atoms with Gasteiger partial charge in [-0.25, -0.2) is 0 Å². The van der Waals surface area contributed by atoms with Crippen molar-refractivity contribution in [1.82, 2.24) is 5.32 Å².